The largest absolute Gasteiger partial charge is 0.274 e. The Kier molecular flexibility index (Phi) is 5.95. The van der Waals surface area contributed by atoms with Crippen LogP contribution in [0.2, 0.25) is 0 Å². The molecule has 3 aromatic rings. The molecule has 178 valence electrons. The molecule has 1 heterocycles. The van der Waals surface area contributed by atoms with Gasteiger partial charge in [0.05, 0.1) is 10.1 Å². The number of nitrogens with zero attached hydrogens (tertiary/aromatic N) is 1. The molecule has 0 bridgehead atoms. The van der Waals surface area contributed by atoms with Gasteiger partial charge in [0, 0.05) is 19.0 Å². The van der Waals surface area contributed by atoms with Crippen LogP contribution in [0.25, 0.3) is 10.8 Å². The molecule has 1 aliphatic heterocycles. The third-order valence-electron chi connectivity index (χ3n) is 6.88. The van der Waals surface area contributed by atoms with E-state index in [4.69, 9.17) is 0 Å². The number of nitrogens with one attached hydrogen (secondary N) is 1. The number of amides is 1. The second-order valence-corrected chi connectivity index (χ2v) is 12.9. The lowest BCUT2D eigenvalue weighted by atomic mass is 9.98. The summed E-state index contributed by atoms with van der Waals surface area (Å²) in [5.74, 6) is -1.08. The van der Waals surface area contributed by atoms with Crippen molar-refractivity contribution in [2.24, 2.45) is 5.92 Å². The average Bonchev–Trinajstić information content (AvgIpc) is 3.29. The van der Waals surface area contributed by atoms with Gasteiger partial charge in [0.15, 0.2) is 0 Å². The maximum Gasteiger partial charge on any atom is 0.243 e. The van der Waals surface area contributed by atoms with Crippen LogP contribution < -0.4 is 4.72 Å². The predicted octanol–water partition coefficient (Wildman–Crippen LogP) is 2.85. The van der Waals surface area contributed by atoms with Crippen LogP contribution in [-0.4, -0.2) is 45.4 Å². The highest BCUT2D eigenvalue weighted by Gasteiger charge is 2.37. The number of hydrogen-bond acceptors (Lipinski definition) is 5. The van der Waals surface area contributed by atoms with Crippen molar-refractivity contribution in [1.82, 2.24) is 9.03 Å². The van der Waals surface area contributed by atoms with Gasteiger partial charge in [-0.3, -0.25) is 9.52 Å². The second kappa shape index (κ2) is 8.79. The van der Waals surface area contributed by atoms with Crippen molar-refractivity contribution in [1.29, 1.82) is 0 Å². The molecule has 0 unspecified atom stereocenters. The van der Waals surface area contributed by atoms with Crippen LogP contribution >= 0.6 is 0 Å². The molecule has 3 aromatic carbocycles. The van der Waals surface area contributed by atoms with Crippen LogP contribution in [0, 0.1) is 5.92 Å². The zero-order valence-corrected chi connectivity index (χ0v) is 20.2. The Balaban J connectivity index is 1.22. The molecule has 1 N–H and O–H groups in total. The Hall–Kier alpha value is -2.75. The number of piperidine rings is 1. The van der Waals surface area contributed by atoms with E-state index in [1.807, 2.05) is 48.5 Å². The summed E-state index contributed by atoms with van der Waals surface area (Å²) < 4.78 is 55.6. The predicted molar refractivity (Wildman–Crippen MR) is 130 cm³/mol. The Morgan fingerprint density at radius 2 is 1.38 bits per heavy atom. The van der Waals surface area contributed by atoms with Crippen LogP contribution in [-0.2, 0) is 37.7 Å². The first-order chi connectivity index (χ1) is 16.2. The number of sulfonamides is 2. The first kappa shape index (κ1) is 23.0. The molecule has 7 nitrogen and oxygen atoms in total. The summed E-state index contributed by atoms with van der Waals surface area (Å²) in [6, 6.07) is 20.2. The van der Waals surface area contributed by atoms with Crippen LogP contribution in [0.4, 0.5) is 0 Å². The van der Waals surface area contributed by atoms with Crippen molar-refractivity contribution in [2.45, 2.75) is 35.8 Å². The standard InChI is InChI=1S/C25H26N2O5S2/c28-25(26-33(29,30)24-16-21-7-3-4-8-22(21)17-24)19-11-13-27(14-12-19)34(31,32)23-10-9-18-5-1-2-6-20(18)15-23/h1-10,15,19,24H,11-14,16-17H2,(H,26,28). The number of carbonyl (C=O) groups is 1. The Labute approximate surface area is 199 Å². The lowest BCUT2D eigenvalue weighted by Crippen LogP contribution is -2.46. The molecule has 1 aliphatic carbocycles. The number of benzene rings is 3. The van der Waals surface area contributed by atoms with Gasteiger partial charge in [-0.25, -0.2) is 16.8 Å². The monoisotopic (exact) mass is 498 g/mol. The van der Waals surface area contributed by atoms with Gasteiger partial charge >= 0.3 is 0 Å². The van der Waals surface area contributed by atoms with Gasteiger partial charge in [-0.2, -0.15) is 4.31 Å². The summed E-state index contributed by atoms with van der Waals surface area (Å²) >= 11 is 0. The second-order valence-electron chi connectivity index (χ2n) is 9.00. The van der Waals surface area contributed by atoms with Crippen molar-refractivity contribution in [2.75, 3.05) is 13.1 Å². The zero-order chi connectivity index (χ0) is 23.9. The zero-order valence-electron chi connectivity index (χ0n) is 18.6. The molecule has 0 aromatic heterocycles. The maximum absolute atomic E-state index is 13.1. The minimum absolute atomic E-state index is 0.169. The van der Waals surface area contributed by atoms with Crippen LogP contribution in [0.1, 0.15) is 24.0 Å². The van der Waals surface area contributed by atoms with E-state index < -0.39 is 37.1 Å². The normalized spacial score (nSPS) is 18.1. The Bertz CT molecular complexity index is 1430. The van der Waals surface area contributed by atoms with E-state index in [1.165, 1.54) is 4.31 Å². The van der Waals surface area contributed by atoms with E-state index in [0.717, 1.165) is 21.9 Å². The molecule has 0 atom stereocenters. The SMILES string of the molecule is O=C(NS(=O)(=O)C1Cc2ccccc2C1)C1CCN(S(=O)(=O)c2ccc3ccccc3c2)CC1. The van der Waals surface area contributed by atoms with E-state index >= 15 is 0 Å². The minimum atomic E-state index is -3.81. The summed E-state index contributed by atoms with van der Waals surface area (Å²) in [4.78, 5) is 13.0. The third-order valence-corrected chi connectivity index (χ3v) is 10.5. The molecule has 0 saturated carbocycles. The minimum Gasteiger partial charge on any atom is -0.274 e. The topological polar surface area (TPSA) is 101 Å². The molecule has 34 heavy (non-hydrogen) atoms. The van der Waals surface area contributed by atoms with Gasteiger partial charge in [-0.1, -0.05) is 54.6 Å². The van der Waals surface area contributed by atoms with Crippen molar-refractivity contribution in [3.8, 4) is 0 Å². The molecular formula is C25H26N2O5S2. The van der Waals surface area contributed by atoms with Crippen molar-refractivity contribution in [3.05, 3.63) is 77.9 Å². The average molecular weight is 499 g/mol. The van der Waals surface area contributed by atoms with Gasteiger partial charge in [0.25, 0.3) is 0 Å². The van der Waals surface area contributed by atoms with Crippen molar-refractivity contribution in [3.63, 3.8) is 0 Å². The fourth-order valence-corrected chi connectivity index (χ4v) is 7.80. The number of hydrogen-bond donors (Lipinski definition) is 1. The summed E-state index contributed by atoms with van der Waals surface area (Å²) in [6.45, 7) is 0.338. The summed E-state index contributed by atoms with van der Waals surface area (Å²) in [5, 5.41) is 1.14. The number of fused-ring (bicyclic) bond motifs is 2. The number of rotatable bonds is 5. The van der Waals surface area contributed by atoms with Crippen LogP contribution in [0.5, 0.6) is 0 Å². The molecule has 5 rings (SSSR count). The quantitative estimate of drug-likeness (QED) is 0.583. The molecule has 1 fully saturated rings. The highest BCUT2D eigenvalue weighted by Crippen LogP contribution is 2.28. The van der Waals surface area contributed by atoms with E-state index in [-0.39, 0.29) is 30.8 Å². The third kappa shape index (κ3) is 4.35. The smallest absolute Gasteiger partial charge is 0.243 e. The van der Waals surface area contributed by atoms with E-state index in [1.54, 1.807) is 18.2 Å². The molecular weight excluding hydrogens is 472 g/mol. The fraction of sp³-hybridized carbons (Fsp3) is 0.320. The van der Waals surface area contributed by atoms with E-state index in [0.29, 0.717) is 12.8 Å². The molecule has 0 spiro atoms. The van der Waals surface area contributed by atoms with Crippen molar-refractivity contribution >= 4 is 36.7 Å². The molecule has 1 saturated heterocycles. The lowest BCUT2D eigenvalue weighted by Gasteiger charge is -2.30. The summed E-state index contributed by atoms with van der Waals surface area (Å²) in [6.07, 6.45) is 1.33. The van der Waals surface area contributed by atoms with Gasteiger partial charge in [-0.05, 0) is 59.7 Å². The van der Waals surface area contributed by atoms with Gasteiger partial charge < -0.3 is 0 Å². The lowest BCUT2D eigenvalue weighted by molar-refractivity contribution is -0.124. The van der Waals surface area contributed by atoms with Crippen LogP contribution in [0.15, 0.2) is 71.6 Å². The highest BCUT2D eigenvalue weighted by atomic mass is 32.2. The first-order valence-electron chi connectivity index (χ1n) is 11.4. The Morgan fingerprint density at radius 1 is 0.794 bits per heavy atom. The summed E-state index contributed by atoms with van der Waals surface area (Å²) in [5.41, 5.74) is 2.00. The maximum atomic E-state index is 13.1. The number of carbonyl (C=O) groups excluding carboxylic acids is 1. The van der Waals surface area contributed by atoms with E-state index in [9.17, 15) is 21.6 Å². The molecule has 1 amide bonds. The summed E-state index contributed by atoms with van der Waals surface area (Å²) in [7, 11) is -7.51. The molecule has 0 radical (unpaired) electrons. The Morgan fingerprint density at radius 3 is 2.03 bits per heavy atom. The van der Waals surface area contributed by atoms with Gasteiger partial charge in [0.2, 0.25) is 26.0 Å². The van der Waals surface area contributed by atoms with Crippen molar-refractivity contribution < 1.29 is 21.6 Å². The highest BCUT2D eigenvalue weighted by molar-refractivity contribution is 7.90. The van der Waals surface area contributed by atoms with Crippen LogP contribution in [0.3, 0.4) is 0 Å². The molecule has 2 aliphatic rings. The van der Waals surface area contributed by atoms with E-state index in [2.05, 4.69) is 4.72 Å². The fourth-order valence-electron chi connectivity index (χ4n) is 4.88. The molecule has 9 heteroatoms. The first-order valence-corrected chi connectivity index (χ1v) is 14.3. The van der Waals surface area contributed by atoms with Gasteiger partial charge in [-0.15, -0.1) is 0 Å². The van der Waals surface area contributed by atoms with Gasteiger partial charge in [0.1, 0.15) is 0 Å².